The fraction of sp³-hybridized carbons (Fsp3) is 0.833. The normalized spacial score (nSPS) is 11.4. The van der Waals surface area contributed by atoms with E-state index in [0.29, 0.717) is 0 Å². The van der Waals surface area contributed by atoms with Crippen LogP contribution in [0, 0.1) is 10.2 Å². The van der Waals surface area contributed by atoms with Gasteiger partial charge < -0.3 is 5.32 Å². The van der Waals surface area contributed by atoms with Crippen LogP contribution in [0.2, 0.25) is 0 Å². The number of carbonyl (C=O) groups is 1. The summed E-state index contributed by atoms with van der Waals surface area (Å²) >= 11 is 0. The van der Waals surface area contributed by atoms with Gasteiger partial charge in [-0.2, -0.15) is 14.0 Å². The molecule has 0 aromatic rings. The predicted molar refractivity (Wildman–Crippen MR) is 35.8 cm³/mol. The molecule has 0 saturated heterocycles. The van der Waals surface area contributed by atoms with Crippen LogP contribution in [0.1, 0.15) is 27.7 Å². The average molecular weight is 216 g/mol. The standard InChI is InChI=1S/C6H13NO.ClHO4/c1-5(8)7-6(2,3)4;2-1(3,4)5/h1-4H3,(H,7,8);(H,2,3,4,5). The third-order valence-corrected chi connectivity index (χ3v) is 0.551. The Morgan fingerprint density at radius 2 is 1.54 bits per heavy atom. The molecule has 0 heterocycles. The molecule has 80 valence electrons. The van der Waals surface area contributed by atoms with Gasteiger partial charge in [0.2, 0.25) is 5.91 Å². The summed E-state index contributed by atoms with van der Waals surface area (Å²) in [6, 6.07) is 0. The quantitative estimate of drug-likeness (QED) is 0.441. The van der Waals surface area contributed by atoms with E-state index in [1.54, 1.807) is 0 Å². The second-order valence-corrected chi connectivity index (χ2v) is 4.12. The smallest absolute Gasteiger partial charge is 0.217 e. The first-order chi connectivity index (χ1) is 5.42. The summed E-state index contributed by atoms with van der Waals surface area (Å²) < 4.78 is 32.7. The summed E-state index contributed by atoms with van der Waals surface area (Å²) in [5, 5.41) is 2.74. The first kappa shape index (κ1) is 15.1. The zero-order chi connectivity index (χ0) is 11.3. The molecule has 13 heavy (non-hydrogen) atoms. The molecule has 6 nitrogen and oxygen atoms in total. The molecule has 0 aliphatic heterocycles. The topological polar surface area (TPSA) is 119 Å². The van der Waals surface area contributed by atoms with Gasteiger partial charge in [0.25, 0.3) is 0 Å². The van der Waals surface area contributed by atoms with Crippen LogP contribution in [-0.4, -0.2) is 16.1 Å². The molecular weight excluding hydrogens is 202 g/mol. The van der Waals surface area contributed by atoms with Crippen LogP contribution in [-0.2, 0) is 4.79 Å². The number of nitrogens with one attached hydrogen (secondary N) is 1. The van der Waals surface area contributed by atoms with E-state index >= 15 is 0 Å². The molecular formula is C6H14ClNO5. The Morgan fingerprint density at radius 1 is 1.31 bits per heavy atom. The van der Waals surface area contributed by atoms with Crippen molar-refractivity contribution in [1.82, 2.24) is 5.32 Å². The van der Waals surface area contributed by atoms with Gasteiger partial charge in [0, 0.05) is 12.5 Å². The van der Waals surface area contributed by atoms with Crippen molar-refractivity contribution in [2.24, 2.45) is 0 Å². The van der Waals surface area contributed by atoms with Crippen LogP contribution >= 0.6 is 0 Å². The first-order valence-electron chi connectivity index (χ1n) is 3.34. The van der Waals surface area contributed by atoms with Gasteiger partial charge in [-0.15, -0.1) is 0 Å². The van der Waals surface area contributed by atoms with E-state index in [9.17, 15) is 4.79 Å². The van der Waals surface area contributed by atoms with Gasteiger partial charge in [-0.05, 0) is 20.8 Å². The minimum atomic E-state index is -4.69. The number of amides is 1. The minimum absolute atomic E-state index is 0.0255. The number of hydrogen-bond acceptors (Lipinski definition) is 5. The van der Waals surface area contributed by atoms with Crippen molar-refractivity contribution < 1.29 is 33.7 Å². The number of hydrogen-bond donors (Lipinski definition) is 2. The van der Waals surface area contributed by atoms with Gasteiger partial charge in [0.15, 0.2) is 0 Å². The van der Waals surface area contributed by atoms with E-state index in [0.717, 1.165) is 0 Å². The third-order valence-electron chi connectivity index (χ3n) is 0.551. The van der Waals surface area contributed by atoms with Crippen molar-refractivity contribution in [3.05, 3.63) is 0 Å². The van der Waals surface area contributed by atoms with Crippen molar-refractivity contribution in [2.45, 2.75) is 33.2 Å². The van der Waals surface area contributed by atoms with Crippen LogP contribution in [0.4, 0.5) is 0 Å². The summed E-state index contributed by atoms with van der Waals surface area (Å²) in [6.07, 6.45) is 0. The highest BCUT2D eigenvalue weighted by Gasteiger charge is 2.08. The van der Waals surface area contributed by atoms with Gasteiger partial charge in [0.05, 0.1) is 14.9 Å². The Bertz CT molecular complexity index is 153. The van der Waals surface area contributed by atoms with Gasteiger partial charge in [-0.1, -0.05) is 0 Å². The summed E-state index contributed by atoms with van der Waals surface area (Å²) in [5.41, 5.74) is -0.0775. The molecule has 0 fully saturated rings. The molecule has 0 bridgehead atoms. The molecule has 0 aliphatic rings. The summed E-state index contributed by atoms with van der Waals surface area (Å²) in [5.74, 6) is 0.0255. The molecule has 0 atom stereocenters. The van der Waals surface area contributed by atoms with E-state index in [4.69, 9.17) is 18.6 Å². The lowest BCUT2D eigenvalue weighted by molar-refractivity contribution is -1.92. The van der Waals surface area contributed by atoms with Gasteiger partial charge in [-0.25, -0.2) is 0 Å². The zero-order valence-corrected chi connectivity index (χ0v) is 8.71. The molecule has 1 amide bonds. The van der Waals surface area contributed by atoms with Crippen molar-refractivity contribution in [3.8, 4) is 0 Å². The Hall–Kier alpha value is -0.400. The lowest BCUT2D eigenvalue weighted by Crippen LogP contribution is -2.58. The molecule has 2 N–H and O–H groups in total. The minimum Gasteiger partial charge on any atom is -0.352 e. The Kier molecular flexibility index (Phi) is 6.22. The molecule has 0 spiro atoms. The second-order valence-electron chi connectivity index (χ2n) is 3.33. The maximum absolute atomic E-state index is 10.3. The summed E-state index contributed by atoms with van der Waals surface area (Å²) in [4.78, 5) is 10.3. The molecule has 0 aliphatic carbocycles. The Labute approximate surface area is 78.9 Å². The number of halogens is 1. The van der Waals surface area contributed by atoms with Crippen molar-refractivity contribution >= 4 is 5.91 Å². The highest BCUT2D eigenvalue weighted by molar-refractivity contribution is 5.73. The first-order valence-corrected chi connectivity index (χ1v) is 4.60. The average Bonchev–Trinajstić information content (AvgIpc) is 1.47. The maximum Gasteiger partial charge on any atom is 0.217 e. The molecule has 0 aromatic heterocycles. The number of carbonyl (C=O) groups excluding carboxylic acids is 1. The van der Waals surface area contributed by atoms with E-state index in [2.05, 4.69) is 5.32 Å². The van der Waals surface area contributed by atoms with Crippen LogP contribution in [0.5, 0.6) is 0 Å². The molecule has 0 radical (unpaired) electrons. The fourth-order valence-corrected chi connectivity index (χ4v) is 0.528. The maximum atomic E-state index is 10.3. The van der Waals surface area contributed by atoms with Crippen LogP contribution < -0.4 is 19.3 Å². The van der Waals surface area contributed by atoms with Crippen molar-refractivity contribution in [1.29, 1.82) is 0 Å². The van der Waals surface area contributed by atoms with Gasteiger partial charge in [0.1, 0.15) is 0 Å². The highest BCUT2D eigenvalue weighted by atomic mass is 35.7. The lowest BCUT2D eigenvalue weighted by Gasteiger charge is -2.18. The molecule has 7 heteroatoms. The highest BCUT2D eigenvalue weighted by Crippen LogP contribution is 1.96. The van der Waals surface area contributed by atoms with E-state index in [1.165, 1.54) is 6.92 Å². The molecule has 0 unspecified atom stereocenters. The number of rotatable bonds is 0. The van der Waals surface area contributed by atoms with E-state index in [1.807, 2.05) is 20.8 Å². The lowest BCUT2D eigenvalue weighted by atomic mass is 10.1. The molecule has 0 saturated carbocycles. The van der Waals surface area contributed by atoms with Crippen LogP contribution in [0.25, 0.3) is 0 Å². The monoisotopic (exact) mass is 215 g/mol. The Balaban J connectivity index is 0. The summed E-state index contributed by atoms with van der Waals surface area (Å²) in [6.45, 7) is 7.38. The van der Waals surface area contributed by atoms with E-state index in [-0.39, 0.29) is 11.4 Å². The largest absolute Gasteiger partial charge is 0.352 e. The Morgan fingerprint density at radius 3 is 1.54 bits per heavy atom. The zero-order valence-electron chi connectivity index (χ0n) is 7.96. The third kappa shape index (κ3) is 50.5. The molecule has 0 aromatic carbocycles. The molecule has 0 rings (SSSR count). The SMILES string of the molecule is CC(=O)NC(C)(C)C.[O-][Cl+3]([O-])([O-])O. The fourth-order valence-electron chi connectivity index (χ4n) is 0.528. The van der Waals surface area contributed by atoms with Crippen molar-refractivity contribution in [2.75, 3.05) is 0 Å². The van der Waals surface area contributed by atoms with Gasteiger partial charge >= 0.3 is 0 Å². The predicted octanol–water partition coefficient (Wildman–Crippen LogP) is -3.20. The summed E-state index contributed by atoms with van der Waals surface area (Å²) in [7, 11) is -4.69. The van der Waals surface area contributed by atoms with Crippen molar-refractivity contribution in [3.63, 3.8) is 0 Å². The van der Waals surface area contributed by atoms with Gasteiger partial charge in [-0.3, -0.25) is 4.79 Å². The van der Waals surface area contributed by atoms with Crippen LogP contribution in [0.3, 0.4) is 0 Å². The van der Waals surface area contributed by atoms with Crippen LogP contribution in [0.15, 0.2) is 0 Å². The van der Waals surface area contributed by atoms with E-state index < -0.39 is 10.2 Å². The second kappa shape index (κ2) is 5.36.